The molecule has 5 rings (SSSR count). The van der Waals surface area contributed by atoms with Crippen LogP contribution in [0.3, 0.4) is 0 Å². The third-order valence-corrected chi connectivity index (χ3v) is 9.15. The zero-order chi connectivity index (χ0) is 27.6. The molecule has 0 unspecified atom stereocenters. The van der Waals surface area contributed by atoms with Gasteiger partial charge < -0.3 is 24.7 Å². The van der Waals surface area contributed by atoms with Gasteiger partial charge in [-0.2, -0.15) is 0 Å². The zero-order valence-corrected chi connectivity index (χ0v) is 23.7. The molecule has 1 aliphatic rings. The first-order valence-corrected chi connectivity index (χ1v) is 13.6. The number of amides is 1. The van der Waals surface area contributed by atoms with Crippen LogP contribution in [-0.2, 0) is 12.5 Å². The summed E-state index contributed by atoms with van der Waals surface area (Å²) < 4.78 is 8.08. The quantitative estimate of drug-likeness (QED) is 0.297. The Labute approximate surface area is 225 Å². The number of thiophene rings is 1. The standard InChI is InChI=1S/C29H34N4O4S/c1-15-12-30-13-16(2)24(15)37-21-11-22(28(3,4)29(5,6)36)38-25(21)19-14-33(7)27(35)23-18(19)10-20(32-23)26(34)31-17-8-9-17/h10-14,17,32,36H,8-9H2,1-7H3,(H,31,34). The topological polar surface area (TPSA) is 109 Å². The van der Waals surface area contributed by atoms with E-state index in [0.717, 1.165) is 39.3 Å². The molecule has 8 nitrogen and oxygen atoms in total. The minimum Gasteiger partial charge on any atom is -0.455 e. The predicted octanol–water partition coefficient (Wildman–Crippen LogP) is 5.34. The van der Waals surface area contributed by atoms with Gasteiger partial charge in [-0.05, 0) is 52.7 Å². The van der Waals surface area contributed by atoms with Crippen LogP contribution in [0.1, 0.15) is 67.0 Å². The molecule has 3 N–H and O–H groups in total. The molecule has 0 saturated heterocycles. The molecule has 4 aromatic rings. The first kappa shape index (κ1) is 26.2. The van der Waals surface area contributed by atoms with E-state index in [-0.39, 0.29) is 17.5 Å². The highest BCUT2D eigenvalue weighted by atomic mass is 32.1. The summed E-state index contributed by atoms with van der Waals surface area (Å²) in [5, 5.41) is 14.6. The SMILES string of the molecule is Cc1cncc(C)c1Oc1cc(C(C)(C)C(C)(C)O)sc1-c1cn(C)c(=O)c2[nH]c(C(=O)NC3CC3)cc12. The lowest BCUT2D eigenvalue weighted by atomic mass is 9.76. The first-order chi connectivity index (χ1) is 17.8. The number of hydrogen-bond donors (Lipinski definition) is 3. The van der Waals surface area contributed by atoms with E-state index in [1.165, 1.54) is 15.9 Å². The van der Waals surface area contributed by atoms with Gasteiger partial charge in [0.05, 0.1) is 10.5 Å². The minimum absolute atomic E-state index is 0.201. The highest BCUT2D eigenvalue weighted by Crippen LogP contribution is 2.49. The molecule has 0 aliphatic heterocycles. The number of pyridine rings is 2. The maximum absolute atomic E-state index is 13.1. The van der Waals surface area contributed by atoms with Crippen molar-refractivity contribution in [3.63, 3.8) is 0 Å². The Morgan fingerprint density at radius 2 is 1.84 bits per heavy atom. The van der Waals surface area contributed by atoms with Crippen LogP contribution in [-0.4, -0.2) is 37.2 Å². The summed E-state index contributed by atoms with van der Waals surface area (Å²) in [6.45, 7) is 11.5. The molecule has 1 aliphatic carbocycles. The molecule has 38 heavy (non-hydrogen) atoms. The molecule has 0 spiro atoms. The van der Waals surface area contributed by atoms with Crippen LogP contribution in [0, 0.1) is 13.8 Å². The Morgan fingerprint density at radius 3 is 2.45 bits per heavy atom. The normalized spacial score (nSPS) is 14.2. The van der Waals surface area contributed by atoms with Gasteiger partial charge in [0.25, 0.3) is 11.5 Å². The van der Waals surface area contributed by atoms with E-state index in [4.69, 9.17) is 4.74 Å². The summed E-state index contributed by atoms with van der Waals surface area (Å²) in [6.07, 6.45) is 7.26. The fraction of sp³-hybridized carbons (Fsp3) is 0.414. The number of rotatable bonds is 7. The fourth-order valence-electron chi connectivity index (χ4n) is 4.34. The van der Waals surface area contributed by atoms with Crippen LogP contribution in [0.4, 0.5) is 0 Å². The molecular formula is C29H34N4O4S. The summed E-state index contributed by atoms with van der Waals surface area (Å²) in [5.41, 5.74) is 1.48. The van der Waals surface area contributed by atoms with Crippen molar-refractivity contribution < 1.29 is 14.6 Å². The van der Waals surface area contributed by atoms with E-state index in [1.807, 2.05) is 33.8 Å². The van der Waals surface area contributed by atoms with Crippen LogP contribution >= 0.6 is 11.3 Å². The highest BCUT2D eigenvalue weighted by molar-refractivity contribution is 7.16. The number of carbonyl (C=O) groups excluding carboxylic acids is 1. The molecule has 200 valence electrons. The van der Waals surface area contributed by atoms with Crippen molar-refractivity contribution in [2.24, 2.45) is 7.05 Å². The van der Waals surface area contributed by atoms with Crippen molar-refractivity contribution >= 4 is 28.1 Å². The molecule has 4 heterocycles. The van der Waals surface area contributed by atoms with Gasteiger partial charge in [0.15, 0.2) is 0 Å². The average molecular weight is 535 g/mol. The van der Waals surface area contributed by atoms with Crippen LogP contribution in [0.25, 0.3) is 21.3 Å². The number of aryl methyl sites for hydroxylation is 3. The number of aromatic amines is 1. The Kier molecular flexibility index (Phi) is 6.27. The van der Waals surface area contributed by atoms with E-state index < -0.39 is 11.0 Å². The third kappa shape index (κ3) is 4.54. The van der Waals surface area contributed by atoms with E-state index >= 15 is 0 Å². The lowest BCUT2D eigenvalue weighted by Crippen LogP contribution is -2.41. The maximum Gasteiger partial charge on any atom is 0.274 e. The zero-order valence-electron chi connectivity index (χ0n) is 22.9. The van der Waals surface area contributed by atoms with Crippen molar-refractivity contribution in [2.45, 2.75) is 71.4 Å². The second kappa shape index (κ2) is 9.10. The van der Waals surface area contributed by atoms with Gasteiger partial charge in [-0.25, -0.2) is 0 Å². The van der Waals surface area contributed by atoms with Gasteiger partial charge in [0.1, 0.15) is 22.7 Å². The molecule has 4 aromatic heterocycles. The van der Waals surface area contributed by atoms with Gasteiger partial charge in [-0.1, -0.05) is 13.8 Å². The second-order valence-corrected chi connectivity index (χ2v) is 12.4. The number of ether oxygens (including phenoxy) is 1. The number of carbonyl (C=O) groups is 1. The number of aromatic nitrogens is 3. The monoisotopic (exact) mass is 534 g/mol. The number of hydrogen-bond acceptors (Lipinski definition) is 6. The summed E-state index contributed by atoms with van der Waals surface area (Å²) >= 11 is 1.51. The number of fused-ring (bicyclic) bond motifs is 1. The number of H-pyrrole nitrogens is 1. The lowest BCUT2D eigenvalue weighted by Gasteiger charge is -2.36. The van der Waals surface area contributed by atoms with E-state index in [1.54, 1.807) is 45.6 Å². The summed E-state index contributed by atoms with van der Waals surface area (Å²) in [4.78, 5) is 35.0. The number of nitrogens with zero attached hydrogens (tertiary/aromatic N) is 2. The Hall–Kier alpha value is -3.43. The largest absolute Gasteiger partial charge is 0.455 e. The van der Waals surface area contributed by atoms with Crippen LogP contribution in [0.15, 0.2) is 35.5 Å². The smallest absolute Gasteiger partial charge is 0.274 e. The third-order valence-electron chi connectivity index (χ3n) is 7.67. The van der Waals surface area contributed by atoms with Crippen molar-refractivity contribution in [1.82, 2.24) is 19.9 Å². The molecule has 1 fully saturated rings. The molecule has 0 radical (unpaired) electrons. The van der Waals surface area contributed by atoms with E-state index in [0.29, 0.717) is 28.1 Å². The van der Waals surface area contributed by atoms with Gasteiger partial charge in [-0.15, -0.1) is 11.3 Å². The lowest BCUT2D eigenvalue weighted by molar-refractivity contribution is 0.0112. The maximum atomic E-state index is 13.1. The fourth-order valence-corrected chi connectivity index (χ4v) is 5.70. The van der Waals surface area contributed by atoms with Gasteiger partial charge in [0.2, 0.25) is 0 Å². The first-order valence-electron chi connectivity index (χ1n) is 12.8. The molecule has 9 heteroatoms. The Morgan fingerprint density at radius 1 is 1.18 bits per heavy atom. The van der Waals surface area contributed by atoms with Crippen molar-refractivity contribution in [3.8, 4) is 21.9 Å². The summed E-state index contributed by atoms with van der Waals surface area (Å²) in [5.74, 6) is 1.11. The molecular weight excluding hydrogens is 500 g/mol. The molecule has 0 bridgehead atoms. The van der Waals surface area contributed by atoms with Crippen molar-refractivity contribution in [2.75, 3.05) is 0 Å². The van der Waals surface area contributed by atoms with Crippen LogP contribution in [0.5, 0.6) is 11.5 Å². The van der Waals surface area contributed by atoms with Gasteiger partial charge in [-0.3, -0.25) is 14.6 Å². The number of nitrogens with one attached hydrogen (secondary N) is 2. The molecule has 0 aromatic carbocycles. The second-order valence-electron chi connectivity index (χ2n) is 11.4. The van der Waals surface area contributed by atoms with Crippen LogP contribution < -0.4 is 15.6 Å². The van der Waals surface area contributed by atoms with E-state index in [2.05, 4.69) is 15.3 Å². The Balaban J connectivity index is 1.73. The van der Waals surface area contributed by atoms with Crippen LogP contribution in [0.2, 0.25) is 0 Å². The van der Waals surface area contributed by atoms with Gasteiger partial charge in [0, 0.05) is 64.0 Å². The molecule has 1 amide bonds. The van der Waals surface area contributed by atoms with Crippen molar-refractivity contribution in [3.05, 3.63) is 62.8 Å². The summed E-state index contributed by atoms with van der Waals surface area (Å²) in [7, 11) is 1.70. The minimum atomic E-state index is -1.00. The van der Waals surface area contributed by atoms with Crippen molar-refractivity contribution in [1.29, 1.82) is 0 Å². The number of aliphatic hydroxyl groups is 1. The average Bonchev–Trinajstić information content (AvgIpc) is 3.36. The van der Waals surface area contributed by atoms with Gasteiger partial charge >= 0.3 is 0 Å². The predicted molar refractivity (Wildman–Crippen MR) is 150 cm³/mol. The van der Waals surface area contributed by atoms with E-state index in [9.17, 15) is 14.7 Å². The molecule has 1 saturated carbocycles. The molecule has 0 atom stereocenters. The summed E-state index contributed by atoms with van der Waals surface area (Å²) in [6, 6.07) is 3.92. The highest BCUT2D eigenvalue weighted by Gasteiger charge is 2.39. The Bertz CT molecular complexity index is 1600.